The summed E-state index contributed by atoms with van der Waals surface area (Å²) in [4.78, 5) is 25.3. The first-order valence-electron chi connectivity index (χ1n) is 5.86. The minimum absolute atomic E-state index is 0.170. The van der Waals surface area contributed by atoms with Gasteiger partial charge in [-0.25, -0.2) is 4.90 Å². The SMILES string of the molecule is N#Cc1ccccc1N1C(=O)CC(SCCN)C1=O. The Morgan fingerprint density at radius 1 is 1.42 bits per heavy atom. The van der Waals surface area contributed by atoms with Crippen LogP contribution in [0, 0.1) is 11.3 Å². The average molecular weight is 275 g/mol. The number of amides is 2. The number of nitrogens with zero attached hydrogens (tertiary/aromatic N) is 2. The van der Waals surface area contributed by atoms with Gasteiger partial charge in [0.2, 0.25) is 11.8 Å². The van der Waals surface area contributed by atoms with Crippen molar-refractivity contribution in [1.29, 1.82) is 5.26 Å². The Morgan fingerprint density at radius 3 is 2.84 bits per heavy atom. The van der Waals surface area contributed by atoms with Gasteiger partial charge in [-0.3, -0.25) is 9.59 Å². The van der Waals surface area contributed by atoms with Gasteiger partial charge in [0.15, 0.2) is 0 Å². The van der Waals surface area contributed by atoms with Crippen molar-refractivity contribution in [3.05, 3.63) is 29.8 Å². The van der Waals surface area contributed by atoms with E-state index in [1.165, 1.54) is 11.8 Å². The molecule has 1 aromatic carbocycles. The maximum atomic E-state index is 12.2. The molecule has 6 heteroatoms. The molecule has 1 fully saturated rings. The summed E-state index contributed by atoms with van der Waals surface area (Å²) < 4.78 is 0. The minimum Gasteiger partial charge on any atom is -0.330 e. The van der Waals surface area contributed by atoms with E-state index in [0.717, 1.165) is 4.90 Å². The topological polar surface area (TPSA) is 87.2 Å². The van der Waals surface area contributed by atoms with Crippen molar-refractivity contribution in [1.82, 2.24) is 0 Å². The van der Waals surface area contributed by atoms with E-state index in [9.17, 15) is 9.59 Å². The van der Waals surface area contributed by atoms with Crippen LogP contribution in [0.25, 0.3) is 0 Å². The Balaban J connectivity index is 2.28. The van der Waals surface area contributed by atoms with E-state index in [1.807, 2.05) is 6.07 Å². The van der Waals surface area contributed by atoms with E-state index >= 15 is 0 Å². The van der Waals surface area contributed by atoms with E-state index in [0.29, 0.717) is 23.5 Å². The lowest BCUT2D eigenvalue weighted by atomic mass is 10.2. The summed E-state index contributed by atoms with van der Waals surface area (Å²) in [6.07, 6.45) is 0.170. The molecule has 1 unspecified atom stereocenters. The predicted octanol–water partition coefficient (Wildman–Crippen LogP) is 0.882. The summed E-state index contributed by atoms with van der Waals surface area (Å²) in [5, 5.41) is 8.65. The highest BCUT2D eigenvalue weighted by Gasteiger charge is 2.40. The van der Waals surface area contributed by atoms with Crippen molar-refractivity contribution in [2.75, 3.05) is 17.2 Å². The maximum absolute atomic E-state index is 12.2. The van der Waals surface area contributed by atoms with Gasteiger partial charge in [0.1, 0.15) is 6.07 Å². The third-order valence-electron chi connectivity index (χ3n) is 2.81. The highest BCUT2D eigenvalue weighted by Crippen LogP contribution is 2.31. The normalized spacial score (nSPS) is 18.7. The molecular formula is C13H13N3O2S. The second-order valence-electron chi connectivity index (χ2n) is 4.05. The van der Waals surface area contributed by atoms with Crippen LogP contribution in [0.3, 0.4) is 0 Å². The fourth-order valence-electron chi connectivity index (χ4n) is 1.96. The lowest BCUT2D eigenvalue weighted by Gasteiger charge is -2.16. The number of thioether (sulfide) groups is 1. The van der Waals surface area contributed by atoms with Gasteiger partial charge in [0, 0.05) is 18.7 Å². The van der Waals surface area contributed by atoms with Gasteiger partial charge < -0.3 is 5.73 Å². The molecule has 1 heterocycles. The third kappa shape index (κ3) is 2.62. The van der Waals surface area contributed by atoms with Crippen molar-refractivity contribution in [2.45, 2.75) is 11.7 Å². The van der Waals surface area contributed by atoms with E-state index in [1.54, 1.807) is 24.3 Å². The smallest absolute Gasteiger partial charge is 0.247 e. The first-order valence-corrected chi connectivity index (χ1v) is 6.91. The largest absolute Gasteiger partial charge is 0.330 e. The fourth-order valence-corrected chi connectivity index (χ4v) is 2.89. The zero-order valence-corrected chi connectivity index (χ0v) is 11.0. The molecule has 0 radical (unpaired) electrons. The minimum atomic E-state index is -0.386. The van der Waals surface area contributed by atoms with Gasteiger partial charge in [0.25, 0.3) is 0 Å². The number of rotatable bonds is 4. The zero-order chi connectivity index (χ0) is 13.8. The van der Waals surface area contributed by atoms with E-state index in [4.69, 9.17) is 11.0 Å². The van der Waals surface area contributed by atoms with Crippen LogP contribution in [0.2, 0.25) is 0 Å². The number of para-hydroxylation sites is 1. The molecule has 19 heavy (non-hydrogen) atoms. The molecule has 1 saturated heterocycles. The van der Waals surface area contributed by atoms with Crippen LogP contribution >= 0.6 is 11.8 Å². The van der Waals surface area contributed by atoms with Crippen molar-refractivity contribution >= 4 is 29.3 Å². The molecule has 0 bridgehead atoms. The molecule has 1 aliphatic rings. The van der Waals surface area contributed by atoms with Gasteiger partial charge in [-0.2, -0.15) is 5.26 Å². The van der Waals surface area contributed by atoms with Crippen LogP contribution in [-0.2, 0) is 9.59 Å². The second-order valence-corrected chi connectivity index (χ2v) is 5.36. The first-order chi connectivity index (χ1) is 9.19. The molecular weight excluding hydrogens is 262 g/mol. The number of hydrogen-bond donors (Lipinski definition) is 1. The summed E-state index contributed by atoms with van der Waals surface area (Å²) in [6.45, 7) is 0.470. The van der Waals surface area contributed by atoms with Crippen molar-refractivity contribution in [3.63, 3.8) is 0 Å². The summed E-state index contributed by atoms with van der Waals surface area (Å²) in [7, 11) is 0. The van der Waals surface area contributed by atoms with Crippen LogP contribution < -0.4 is 10.6 Å². The van der Waals surface area contributed by atoms with Gasteiger partial charge in [-0.15, -0.1) is 11.8 Å². The number of nitrogens with two attached hydrogens (primary N) is 1. The summed E-state index contributed by atoms with van der Waals surface area (Å²) in [5.74, 6) is 0.116. The Labute approximate surface area is 115 Å². The number of hydrogen-bond acceptors (Lipinski definition) is 5. The molecule has 0 aliphatic carbocycles. The number of anilines is 1. The molecule has 1 aliphatic heterocycles. The monoisotopic (exact) mass is 275 g/mol. The van der Waals surface area contributed by atoms with Gasteiger partial charge in [-0.1, -0.05) is 12.1 Å². The first kappa shape index (κ1) is 13.6. The standard InChI is InChI=1S/C13H13N3O2S/c14-5-6-19-11-7-12(17)16(13(11)18)10-4-2-1-3-9(10)8-15/h1-4,11H,5-7,14H2. The van der Waals surface area contributed by atoms with Crippen LogP contribution in [0.4, 0.5) is 5.69 Å². The molecule has 0 spiro atoms. The molecule has 0 saturated carbocycles. The molecule has 0 aromatic heterocycles. The fraction of sp³-hybridized carbons (Fsp3) is 0.308. The Kier molecular flexibility index (Phi) is 4.20. The van der Waals surface area contributed by atoms with E-state index in [2.05, 4.69) is 0 Å². The Bertz CT molecular complexity index is 553. The van der Waals surface area contributed by atoms with E-state index in [-0.39, 0.29) is 23.5 Å². The number of nitriles is 1. The molecule has 98 valence electrons. The van der Waals surface area contributed by atoms with E-state index < -0.39 is 0 Å². The van der Waals surface area contributed by atoms with Crippen LogP contribution in [0.5, 0.6) is 0 Å². The zero-order valence-electron chi connectivity index (χ0n) is 10.2. The van der Waals surface area contributed by atoms with Gasteiger partial charge in [-0.05, 0) is 12.1 Å². The number of carbonyl (C=O) groups is 2. The summed E-state index contributed by atoms with van der Waals surface area (Å²) in [6, 6.07) is 8.62. The highest BCUT2D eigenvalue weighted by atomic mass is 32.2. The highest BCUT2D eigenvalue weighted by molar-refractivity contribution is 8.00. The quantitative estimate of drug-likeness (QED) is 0.824. The number of imide groups is 1. The molecule has 2 rings (SSSR count). The Hall–Kier alpha value is -1.84. The predicted molar refractivity (Wildman–Crippen MR) is 73.6 cm³/mol. The summed E-state index contributed by atoms with van der Waals surface area (Å²) in [5.41, 5.74) is 6.10. The molecule has 1 aromatic rings. The average Bonchev–Trinajstić information content (AvgIpc) is 2.71. The third-order valence-corrected chi connectivity index (χ3v) is 4.05. The molecule has 5 nitrogen and oxygen atoms in total. The van der Waals surface area contributed by atoms with Gasteiger partial charge >= 0.3 is 0 Å². The second kappa shape index (κ2) is 5.87. The van der Waals surface area contributed by atoms with Crippen molar-refractivity contribution < 1.29 is 9.59 Å². The lowest BCUT2D eigenvalue weighted by molar-refractivity contribution is -0.121. The molecule has 1 atom stereocenters. The molecule has 2 amide bonds. The number of benzene rings is 1. The van der Waals surface area contributed by atoms with Crippen LogP contribution in [0.15, 0.2) is 24.3 Å². The van der Waals surface area contributed by atoms with Crippen LogP contribution in [-0.4, -0.2) is 29.4 Å². The van der Waals surface area contributed by atoms with Crippen molar-refractivity contribution in [2.24, 2.45) is 5.73 Å². The van der Waals surface area contributed by atoms with Crippen LogP contribution in [0.1, 0.15) is 12.0 Å². The summed E-state index contributed by atoms with van der Waals surface area (Å²) >= 11 is 1.39. The Morgan fingerprint density at radius 2 is 2.16 bits per heavy atom. The lowest BCUT2D eigenvalue weighted by Crippen LogP contribution is -2.32. The number of carbonyl (C=O) groups excluding carboxylic acids is 2. The van der Waals surface area contributed by atoms with Gasteiger partial charge in [0.05, 0.1) is 16.5 Å². The van der Waals surface area contributed by atoms with Crippen molar-refractivity contribution in [3.8, 4) is 6.07 Å². The maximum Gasteiger partial charge on any atom is 0.247 e. The molecule has 2 N–H and O–H groups in total.